The average Bonchev–Trinajstić information content (AvgIpc) is 3.04. The molecule has 0 amide bonds. The molecule has 0 aliphatic carbocycles. The maximum atomic E-state index is 4.93. The molecule has 3 heteroatoms. The Balaban J connectivity index is 0.000000613. The number of hydrogen-bond acceptors (Lipinski definition) is 0. The van der Waals surface area contributed by atoms with Crippen molar-refractivity contribution in [3.05, 3.63) is 102 Å². The van der Waals surface area contributed by atoms with Crippen LogP contribution >= 0.6 is 17.0 Å². The molecular formula is C23H19Cl2Zr-. The number of halogens is 2. The van der Waals surface area contributed by atoms with Gasteiger partial charge in [-0.25, -0.2) is 0 Å². The van der Waals surface area contributed by atoms with Crippen LogP contribution in [0, 0.1) is 6.92 Å². The predicted octanol–water partition coefficient (Wildman–Crippen LogP) is 7.50. The van der Waals surface area contributed by atoms with Gasteiger partial charge in [-0.1, -0.05) is 73.2 Å². The van der Waals surface area contributed by atoms with Crippen molar-refractivity contribution < 1.29 is 20.8 Å². The standard InChI is InChI=1S/C23H19.2ClH.Zr/c1-17-14-21-8-5-9-22(23(21)15-17)20-12-10-19(11-13-20)16-18-6-3-2-4-7-18;;;/h2-15H,16H2,1H3;2*1H;/q-1;;;+2/p-2. The van der Waals surface area contributed by atoms with Gasteiger partial charge < -0.3 is 0 Å². The molecule has 0 heterocycles. The first-order valence-corrected chi connectivity index (χ1v) is 14.8. The number of aryl methyl sites for hydroxylation is 1. The minimum absolute atomic E-state index is 0.826. The van der Waals surface area contributed by atoms with Gasteiger partial charge in [0, 0.05) is 0 Å². The molecule has 26 heavy (non-hydrogen) atoms. The van der Waals surface area contributed by atoms with E-state index in [9.17, 15) is 0 Å². The third-order valence-electron chi connectivity index (χ3n) is 4.41. The third kappa shape index (κ3) is 4.92. The Labute approximate surface area is 173 Å². The van der Waals surface area contributed by atoms with Gasteiger partial charge in [-0.2, -0.15) is 6.07 Å². The summed E-state index contributed by atoms with van der Waals surface area (Å²) in [6.45, 7) is 2.16. The van der Waals surface area contributed by atoms with Crippen molar-refractivity contribution in [2.24, 2.45) is 0 Å². The van der Waals surface area contributed by atoms with Gasteiger partial charge >= 0.3 is 37.9 Å². The van der Waals surface area contributed by atoms with Gasteiger partial charge in [-0.15, -0.1) is 34.5 Å². The summed E-state index contributed by atoms with van der Waals surface area (Å²) in [6.07, 6.45) is 0.987. The molecule has 4 rings (SSSR count). The first-order chi connectivity index (χ1) is 12.7. The second-order valence-corrected chi connectivity index (χ2v) is 10.0. The van der Waals surface area contributed by atoms with E-state index in [1.165, 1.54) is 38.6 Å². The van der Waals surface area contributed by atoms with Crippen LogP contribution in [0.5, 0.6) is 0 Å². The summed E-state index contributed by atoms with van der Waals surface area (Å²) in [6, 6.07) is 30.7. The minimum atomic E-state index is -0.826. The molecule has 0 bridgehead atoms. The van der Waals surface area contributed by atoms with Crippen molar-refractivity contribution >= 4 is 27.8 Å². The molecule has 0 aliphatic heterocycles. The van der Waals surface area contributed by atoms with Crippen LogP contribution in [0.3, 0.4) is 0 Å². The van der Waals surface area contributed by atoms with Crippen LogP contribution in [0.4, 0.5) is 0 Å². The molecule has 0 spiro atoms. The Morgan fingerprint density at radius 2 is 1.46 bits per heavy atom. The molecule has 0 unspecified atom stereocenters. The zero-order valence-electron chi connectivity index (χ0n) is 14.5. The Morgan fingerprint density at radius 1 is 0.808 bits per heavy atom. The molecule has 0 fully saturated rings. The Kier molecular flexibility index (Phi) is 7.20. The van der Waals surface area contributed by atoms with Crippen LogP contribution in [0.25, 0.3) is 21.9 Å². The van der Waals surface area contributed by atoms with E-state index >= 15 is 0 Å². The van der Waals surface area contributed by atoms with Crippen LogP contribution in [-0.4, -0.2) is 0 Å². The third-order valence-corrected chi connectivity index (χ3v) is 4.41. The normalized spacial score (nSPS) is 10.3. The summed E-state index contributed by atoms with van der Waals surface area (Å²) in [5.41, 5.74) is 6.65. The summed E-state index contributed by atoms with van der Waals surface area (Å²) in [4.78, 5) is 0. The SMILES string of the molecule is Cc1cc2c(-c3ccc(Cc4ccccc4)cc3)cccc2[cH-]1.[Cl][Zr][Cl]. The summed E-state index contributed by atoms with van der Waals surface area (Å²) >= 11 is -0.826. The molecule has 0 saturated carbocycles. The van der Waals surface area contributed by atoms with Crippen molar-refractivity contribution in [3.8, 4) is 11.1 Å². The van der Waals surface area contributed by atoms with E-state index in [0.717, 1.165) is 6.42 Å². The Bertz CT molecular complexity index is 957. The van der Waals surface area contributed by atoms with E-state index in [1.54, 1.807) is 0 Å². The second kappa shape index (κ2) is 9.61. The van der Waals surface area contributed by atoms with Crippen LogP contribution < -0.4 is 0 Å². The maximum absolute atomic E-state index is 4.93. The molecule has 0 saturated heterocycles. The van der Waals surface area contributed by atoms with Crippen LogP contribution in [0.2, 0.25) is 0 Å². The van der Waals surface area contributed by atoms with E-state index in [-0.39, 0.29) is 0 Å². The summed E-state index contributed by atoms with van der Waals surface area (Å²) in [7, 11) is 9.87. The number of fused-ring (bicyclic) bond motifs is 1. The Hall–Kier alpha value is -1.27. The monoisotopic (exact) mass is 455 g/mol. The van der Waals surface area contributed by atoms with E-state index < -0.39 is 20.8 Å². The van der Waals surface area contributed by atoms with Gasteiger partial charge in [-0.05, 0) is 23.1 Å². The fourth-order valence-electron chi connectivity index (χ4n) is 3.27. The molecule has 0 aromatic heterocycles. The van der Waals surface area contributed by atoms with Crippen LogP contribution in [0.15, 0.2) is 84.9 Å². The van der Waals surface area contributed by atoms with Gasteiger partial charge in [0.25, 0.3) is 0 Å². The van der Waals surface area contributed by atoms with Crippen molar-refractivity contribution in [1.82, 2.24) is 0 Å². The Morgan fingerprint density at radius 3 is 2.15 bits per heavy atom. The van der Waals surface area contributed by atoms with Crippen molar-refractivity contribution in [2.75, 3.05) is 0 Å². The van der Waals surface area contributed by atoms with Crippen LogP contribution in [0.1, 0.15) is 16.7 Å². The van der Waals surface area contributed by atoms with Crippen molar-refractivity contribution in [2.45, 2.75) is 13.3 Å². The van der Waals surface area contributed by atoms with Gasteiger partial charge in [-0.3, -0.25) is 0 Å². The van der Waals surface area contributed by atoms with Gasteiger partial charge in [0.15, 0.2) is 0 Å². The molecule has 0 nitrogen and oxygen atoms in total. The first-order valence-electron chi connectivity index (χ1n) is 8.47. The van der Waals surface area contributed by atoms with Crippen molar-refractivity contribution in [3.63, 3.8) is 0 Å². The molecular weight excluding hydrogens is 438 g/mol. The fourth-order valence-corrected chi connectivity index (χ4v) is 3.27. The summed E-state index contributed by atoms with van der Waals surface area (Å²) in [5.74, 6) is 0. The average molecular weight is 458 g/mol. The zero-order valence-corrected chi connectivity index (χ0v) is 18.5. The van der Waals surface area contributed by atoms with Crippen LogP contribution in [-0.2, 0) is 27.3 Å². The molecule has 0 aliphatic rings. The fraction of sp³-hybridized carbons (Fsp3) is 0.0870. The quantitative estimate of drug-likeness (QED) is 0.279. The van der Waals surface area contributed by atoms with Gasteiger partial charge in [0.2, 0.25) is 0 Å². The van der Waals surface area contributed by atoms with E-state index in [1.807, 2.05) is 0 Å². The van der Waals surface area contributed by atoms with E-state index in [2.05, 4.69) is 91.9 Å². The molecule has 0 N–H and O–H groups in total. The zero-order chi connectivity index (χ0) is 18.4. The second-order valence-electron chi connectivity index (χ2n) is 6.27. The van der Waals surface area contributed by atoms with E-state index in [4.69, 9.17) is 17.0 Å². The molecule has 4 aromatic rings. The summed E-state index contributed by atoms with van der Waals surface area (Å²) in [5, 5.41) is 2.68. The predicted molar refractivity (Wildman–Crippen MR) is 111 cm³/mol. The first kappa shape index (κ1) is 19.5. The molecule has 0 atom stereocenters. The number of rotatable bonds is 3. The van der Waals surface area contributed by atoms with Gasteiger partial charge in [0.1, 0.15) is 0 Å². The molecule has 4 aromatic carbocycles. The topological polar surface area (TPSA) is 0 Å². The van der Waals surface area contributed by atoms with E-state index in [0.29, 0.717) is 0 Å². The number of hydrogen-bond donors (Lipinski definition) is 0. The molecule has 130 valence electrons. The number of benzene rings is 3. The molecule has 0 radical (unpaired) electrons. The van der Waals surface area contributed by atoms with Gasteiger partial charge in [0.05, 0.1) is 0 Å². The van der Waals surface area contributed by atoms with Crippen molar-refractivity contribution in [1.29, 1.82) is 0 Å². The summed E-state index contributed by atoms with van der Waals surface area (Å²) < 4.78 is 0.